The summed E-state index contributed by atoms with van der Waals surface area (Å²) in [6, 6.07) is 9.35. The van der Waals surface area contributed by atoms with Gasteiger partial charge in [-0.25, -0.2) is 4.79 Å². The van der Waals surface area contributed by atoms with Gasteiger partial charge in [0.15, 0.2) is 23.5 Å². The first-order valence-corrected chi connectivity index (χ1v) is 11.5. The van der Waals surface area contributed by atoms with Gasteiger partial charge in [-0.2, -0.15) is 0 Å². The molecule has 0 saturated carbocycles. The van der Waals surface area contributed by atoms with E-state index >= 15 is 0 Å². The van der Waals surface area contributed by atoms with E-state index in [-0.39, 0.29) is 44.2 Å². The number of amides is 2. The molecule has 1 aromatic carbocycles. The van der Waals surface area contributed by atoms with Crippen LogP contribution < -0.4 is 5.32 Å². The zero-order chi connectivity index (χ0) is 25.1. The van der Waals surface area contributed by atoms with Crippen molar-refractivity contribution in [2.75, 3.05) is 13.2 Å². The monoisotopic (exact) mass is 475 g/mol. The smallest absolute Gasteiger partial charge is 0.414 e. The molecule has 0 unspecified atom stereocenters. The molecule has 0 aliphatic carbocycles. The maximum absolute atomic E-state index is 13.5. The van der Waals surface area contributed by atoms with E-state index in [4.69, 9.17) is 18.9 Å². The van der Waals surface area contributed by atoms with Crippen molar-refractivity contribution >= 4 is 23.6 Å². The van der Waals surface area contributed by atoms with Gasteiger partial charge in [-0.1, -0.05) is 44.2 Å². The van der Waals surface area contributed by atoms with Gasteiger partial charge in [-0.15, -0.1) is 0 Å². The van der Waals surface area contributed by atoms with Crippen LogP contribution in [0.3, 0.4) is 0 Å². The van der Waals surface area contributed by atoms with Crippen LogP contribution in [-0.4, -0.2) is 59.9 Å². The maximum Gasteiger partial charge on any atom is 0.414 e. The number of alkyl carbamates (subject to hydrolysis) is 1. The molecule has 34 heavy (non-hydrogen) atoms. The minimum atomic E-state index is -2.12. The SMILES string of the molecule is CC(C)CC(=O)[C@@H]1O[C@]1(C(=O)CC1(Cc2ccccc2)OCCO1)C(=O)NC(=O)OC(C)(C)C. The summed E-state index contributed by atoms with van der Waals surface area (Å²) in [5.41, 5.74) is -2.10. The first kappa shape index (κ1) is 26.0. The summed E-state index contributed by atoms with van der Waals surface area (Å²) in [6.45, 7) is 9.19. The van der Waals surface area contributed by atoms with Crippen LogP contribution in [-0.2, 0) is 39.8 Å². The first-order valence-electron chi connectivity index (χ1n) is 11.5. The van der Waals surface area contributed by atoms with E-state index < -0.39 is 40.9 Å². The fourth-order valence-corrected chi connectivity index (χ4v) is 4.00. The van der Waals surface area contributed by atoms with Crippen molar-refractivity contribution < 1.29 is 38.1 Å². The largest absolute Gasteiger partial charge is 0.444 e. The Labute approximate surface area is 199 Å². The lowest BCUT2D eigenvalue weighted by atomic mass is 9.88. The average molecular weight is 476 g/mol. The van der Waals surface area contributed by atoms with E-state index in [1.807, 2.05) is 44.2 Å². The predicted octanol–water partition coefficient (Wildman–Crippen LogP) is 2.74. The number of ether oxygens (including phenoxy) is 4. The van der Waals surface area contributed by atoms with E-state index in [1.54, 1.807) is 20.8 Å². The molecule has 2 fully saturated rings. The molecule has 0 radical (unpaired) electrons. The Balaban J connectivity index is 1.82. The van der Waals surface area contributed by atoms with Crippen LogP contribution >= 0.6 is 0 Å². The Morgan fingerprint density at radius 3 is 2.26 bits per heavy atom. The van der Waals surface area contributed by atoms with Gasteiger partial charge in [0, 0.05) is 12.8 Å². The van der Waals surface area contributed by atoms with E-state index in [0.717, 1.165) is 5.56 Å². The number of Topliss-reactive ketones (excluding diaryl/α,β-unsaturated/α-hetero) is 2. The molecular weight excluding hydrogens is 442 g/mol. The Kier molecular flexibility index (Phi) is 7.59. The second-order valence-electron chi connectivity index (χ2n) is 10.1. The van der Waals surface area contributed by atoms with Crippen LogP contribution in [0.1, 0.15) is 53.0 Å². The van der Waals surface area contributed by atoms with Crippen molar-refractivity contribution in [3.05, 3.63) is 35.9 Å². The van der Waals surface area contributed by atoms with Gasteiger partial charge in [-0.05, 0) is 32.3 Å². The van der Waals surface area contributed by atoms with Crippen molar-refractivity contribution in [2.45, 2.75) is 77.0 Å². The number of carbonyl (C=O) groups excluding carboxylic acids is 4. The number of epoxide rings is 1. The van der Waals surface area contributed by atoms with Crippen LogP contribution in [0.25, 0.3) is 0 Å². The number of ketones is 2. The maximum atomic E-state index is 13.5. The Morgan fingerprint density at radius 1 is 1.09 bits per heavy atom. The Hall–Kier alpha value is -2.62. The third kappa shape index (κ3) is 6.08. The third-order valence-corrected chi connectivity index (χ3v) is 5.44. The zero-order valence-corrected chi connectivity index (χ0v) is 20.3. The normalized spacial score (nSPS) is 23.4. The van der Waals surface area contributed by atoms with Crippen molar-refractivity contribution in [2.24, 2.45) is 5.92 Å². The van der Waals surface area contributed by atoms with E-state index in [2.05, 4.69) is 5.32 Å². The van der Waals surface area contributed by atoms with E-state index in [0.29, 0.717) is 0 Å². The van der Waals surface area contributed by atoms with Crippen molar-refractivity contribution in [3.8, 4) is 0 Å². The molecule has 0 bridgehead atoms. The molecular formula is C25H33NO8. The van der Waals surface area contributed by atoms with Crippen LogP contribution in [0.5, 0.6) is 0 Å². The van der Waals surface area contributed by atoms with Crippen LogP contribution in [0.15, 0.2) is 30.3 Å². The lowest BCUT2D eigenvalue weighted by molar-refractivity contribution is -0.171. The zero-order valence-electron chi connectivity index (χ0n) is 20.3. The number of hydrogen-bond acceptors (Lipinski definition) is 8. The minimum Gasteiger partial charge on any atom is -0.444 e. The van der Waals surface area contributed by atoms with Crippen LogP contribution in [0, 0.1) is 5.92 Å². The highest BCUT2D eigenvalue weighted by Crippen LogP contribution is 2.43. The van der Waals surface area contributed by atoms with Crippen molar-refractivity contribution in [3.63, 3.8) is 0 Å². The topological polar surface area (TPSA) is 121 Å². The summed E-state index contributed by atoms with van der Waals surface area (Å²) >= 11 is 0. The van der Waals surface area contributed by atoms with Gasteiger partial charge in [0.25, 0.3) is 5.91 Å². The third-order valence-electron chi connectivity index (χ3n) is 5.44. The van der Waals surface area contributed by atoms with Gasteiger partial charge in [0.05, 0.1) is 19.6 Å². The van der Waals surface area contributed by atoms with Gasteiger partial charge in [0.1, 0.15) is 5.60 Å². The molecule has 186 valence electrons. The first-order chi connectivity index (χ1) is 15.9. The number of hydrogen-bond donors (Lipinski definition) is 1. The highest BCUT2D eigenvalue weighted by molar-refractivity contribution is 6.20. The number of benzene rings is 1. The predicted molar refractivity (Wildman–Crippen MR) is 121 cm³/mol. The number of nitrogens with one attached hydrogen (secondary N) is 1. The Bertz CT molecular complexity index is 930. The molecule has 1 N–H and O–H groups in total. The molecule has 1 aromatic rings. The Morgan fingerprint density at radius 2 is 1.71 bits per heavy atom. The van der Waals surface area contributed by atoms with Crippen LogP contribution in [0.2, 0.25) is 0 Å². The quantitative estimate of drug-likeness (QED) is 0.428. The number of imide groups is 1. The molecule has 2 heterocycles. The molecule has 2 amide bonds. The fraction of sp³-hybridized carbons (Fsp3) is 0.600. The van der Waals surface area contributed by atoms with Crippen LogP contribution in [0.4, 0.5) is 4.79 Å². The molecule has 3 rings (SSSR count). The summed E-state index contributed by atoms with van der Waals surface area (Å²) in [7, 11) is 0. The molecule has 2 atom stereocenters. The van der Waals surface area contributed by atoms with Crippen molar-refractivity contribution in [1.82, 2.24) is 5.32 Å². The average Bonchev–Trinajstić information content (AvgIpc) is 3.34. The molecule has 9 nitrogen and oxygen atoms in total. The molecule has 2 saturated heterocycles. The summed E-state index contributed by atoms with van der Waals surface area (Å²) in [5, 5.41) is 2.07. The summed E-state index contributed by atoms with van der Waals surface area (Å²) < 4.78 is 22.3. The van der Waals surface area contributed by atoms with Gasteiger partial charge < -0.3 is 18.9 Å². The summed E-state index contributed by atoms with van der Waals surface area (Å²) in [5.74, 6) is -3.39. The summed E-state index contributed by atoms with van der Waals surface area (Å²) in [6.07, 6.45) is -2.23. The van der Waals surface area contributed by atoms with E-state index in [9.17, 15) is 19.2 Å². The molecule has 0 spiro atoms. The highest BCUT2D eigenvalue weighted by atomic mass is 16.7. The minimum absolute atomic E-state index is 0.00402. The standard InChI is InChI=1S/C25H33NO8/c1-16(2)13-18(27)20-25(33-20,21(29)26-22(30)34-23(3,4)5)19(28)15-24(31-11-12-32-24)14-17-9-7-6-8-10-17/h6-10,16,20H,11-15H2,1-5H3,(H,26,29,30)/t20-,25-/m0/s1. The van der Waals surface area contributed by atoms with E-state index in [1.165, 1.54) is 0 Å². The van der Waals surface area contributed by atoms with Gasteiger partial charge in [-0.3, -0.25) is 19.7 Å². The van der Waals surface area contributed by atoms with Gasteiger partial charge in [0.2, 0.25) is 5.60 Å². The molecule has 2 aliphatic heterocycles. The lowest BCUT2D eigenvalue weighted by Gasteiger charge is -2.28. The number of rotatable bonds is 9. The fourth-order valence-electron chi connectivity index (χ4n) is 4.00. The molecule has 2 aliphatic rings. The van der Waals surface area contributed by atoms with Gasteiger partial charge >= 0.3 is 6.09 Å². The molecule has 9 heteroatoms. The second-order valence-corrected chi connectivity index (χ2v) is 10.1. The molecule has 0 aromatic heterocycles. The van der Waals surface area contributed by atoms with Crippen molar-refractivity contribution in [1.29, 1.82) is 0 Å². The highest BCUT2D eigenvalue weighted by Gasteiger charge is 2.71. The summed E-state index contributed by atoms with van der Waals surface area (Å²) in [4.78, 5) is 51.6. The number of carbonyl (C=O) groups is 4. The lowest BCUT2D eigenvalue weighted by Crippen LogP contribution is -2.51. The second kappa shape index (κ2) is 9.93.